The SMILES string of the molecule is Cc1cccc(N2CCN(C3=C(c4ccc(F)cc4)C(=O)N(c4ccccc4)C3=O)CC2)c1. The number of rotatable bonds is 4. The summed E-state index contributed by atoms with van der Waals surface area (Å²) in [4.78, 5) is 32.6. The molecule has 0 N–H and O–H groups in total. The lowest BCUT2D eigenvalue weighted by atomic mass is 10.0. The highest BCUT2D eigenvalue weighted by atomic mass is 19.1. The maximum absolute atomic E-state index is 13.6. The number of hydrogen-bond donors (Lipinski definition) is 0. The molecule has 0 bridgehead atoms. The highest BCUT2D eigenvalue weighted by molar-refractivity contribution is 6.45. The quantitative estimate of drug-likeness (QED) is 0.568. The molecule has 0 unspecified atom stereocenters. The molecule has 0 saturated carbocycles. The van der Waals surface area contributed by atoms with Crippen LogP contribution in [0.3, 0.4) is 0 Å². The number of imide groups is 1. The topological polar surface area (TPSA) is 43.9 Å². The van der Waals surface area contributed by atoms with Crippen molar-refractivity contribution < 1.29 is 14.0 Å². The average molecular weight is 442 g/mol. The first-order chi connectivity index (χ1) is 16.0. The van der Waals surface area contributed by atoms with E-state index in [0.29, 0.717) is 35.6 Å². The van der Waals surface area contributed by atoms with E-state index in [1.807, 2.05) is 17.0 Å². The minimum Gasteiger partial charge on any atom is -0.368 e. The lowest BCUT2D eigenvalue weighted by Crippen LogP contribution is -2.47. The molecule has 6 heteroatoms. The van der Waals surface area contributed by atoms with Crippen molar-refractivity contribution in [3.8, 4) is 0 Å². The van der Waals surface area contributed by atoms with Crippen molar-refractivity contribution in [3.05, 3.63) is 102 Å². The minimum absolute atomic E-state index is 0.327. The van der Waals surface area contributed by atoms with Gasteiger partial charge in [0.05, 0.1) is 11.3 Å². The molecule has 5 nitrogen and oxygen atoms in total. The van der Waals surface area contributed by atoms with Crippen LogP contribution in [0.1, 0.15) is 11.1 Å². The Hall–Kier alpha value is -3.93. The van der Waals surface area contributed by atoms with E-state index in [2.05, 4.69) is 30.0 Å². The number of anilines is 2. The van der Waals surface area contributed by atoms with Crippen LogP contribution in [0, 0.1) is 12.7 Å². The third kappa shape index (κ3) is 3.89. The second-order valence-corrected chi connectivity index (χ2v) is 8.32. The highest BCUT2D eigenvalue weighted by Gasteiger charge is 2.43. The number of para-hydroxylation sites is 1. The van der Waals surface area contributed by atoms with Gasteiger partial charge in [0.25, 0.3) is 11.8 Å². The first-order valence-electron chi connectivity index (χ1n) is 11.0. The number of benzene rings is 3. The molecule has 5 rings (SSSR count). The maximum atomic E-state index is 13.6. The van der Waals surface area contributed by atoms with Crippen LogP contribution >= 0.6 is 0 Å². The standard InChI is InChI=1S/C27H24FN3O2/c1-19-6-5-9-23(18-19)29-14-16-30(17-15-29)25-24(20-10-12-21(28)13-11-20)26(32)31(27(25)33)22-7-3-2-4-8-22/h2-13,18H,14-17H2,1H3. The van der Waals surface area contributed by atoms with Crippen molar-refractivity contribution in [2.45, 2.75) is 6.92 Å². The van der Waals surface area contributed by atoms with E-state index in [1.165, 1.54) is 22.6 Å². The lowest BCUT2D eigenvalue weighted by molar-refractivity contribution is -0.120. The van der Waals surface area contributed by atoms with Gasteiger partial charge in [-0.1, -0.05) is 42.5 Å². The van der Waals surface area contributed by atoms with Gasteiger partial charge in [0.2, 0.25) is 0 Å². The molecule has 166 valence electrons. The number of amides is 2. The number of aryl methyl sites for hydroxylation is 1. The number of piperazine rings is 1. The summed E-state index contributed by atoms with van der Waals surface area (Å²) in [5, 5.41) is 0. The van der Waals surface area contributed by atoms with Crippen LogP contribution in [-0.4, -0.2) is 42.9 Å². The Morgan fingerprint density at radius 2 is 1.33 bits per heavy atom. The third-order valence-corrected chi connectivity index (χ3v) is 6.17. The summed E-state index contributed by atoms with van der Waals surface area (Å²) in [6.07, 6.45) is 0. The van der Waals surface area contributed by atoms with Gasteiger partial charge in [0.15, 0.2) is 0 Å². The van der Waals surface area contributed by atoms with Crippen molar-refractivity contribution in [2.75, 3.05) is 36.0 Å². The molecule has 0 atom stereocenters. The summed E-state index contributed by atoms with van der Waals surface area (Å²) < 4.78 is 13.6. The van der Waals surface area contributed by atoms with Gasteiger partial charge in [-0.2, -0.15) is 0 Å². The van der Waals surface area contributed by atoms with Crippen LogP contribution in [0.2, 0.25) is 0 Å². The largest absolute Gasteiger partial charge is 0.368 e. The zero-order valence-corrected chi connectivity index (χ0v) is 18.4. The van der Waals surface area contributed by atoms with Crippen LogP contribution in [0.25, 0.3) is 5.57 Å². The molecule has 3 aromatic rings. The van der Waals surface area contributed by atoms with E-state index in [9.17, 15) is 14.0 Å². The number of hydrogen-bond acceptors (Lipinski definition) is 4. The maximum Gasteiger partial charge on any atom is 0.282 e. The second kappa shape index (κ2) is 8.54. The van der Waals surface area contributed by atoms with E-state index in [4.69, 9.17) is 0 Å². The van der Waals surface area contributed by atoms with Crippen LogP contribution in [-0.2, 0) is 9.59 Å². The highest BCUT2D eigenvalue weighted by Crippen LogP contribution is 2.35. The van der Waals surface area contributed by atoms with E-state index in [-0.39, 0.29) is 17.6 Å². The van der Waals surface area contributed by atoms with Gasteiger partial charge in [0.1, 0.15) is 11.5 Å². The predicted molar refractivity (Wildman–Crippen MR) is 127 cm³/mol. The Morgan fingerprint density at radius 1 is 0.697 bits per heavy atom. The average Bonchev–Trinajstić information content (AvgIpc) is 3.10. The summed E-state index contributed by atoms with van der Waals surface area (Å²) in [5.41, 5.74) is 4.14. The fraction of sp³-hybridized carbons (Fsp3) is 0.185. The Balaban J connectivity index is 1.49. The van der Waals surface area contributed by atoms with Gasteiger partial charge in [-0.3, -0.25) is 9.59 Å². The molecule has 0 radical (unpaired) electrons. The van der Waals surface area contributed by atoms with Crippen molar-refractivity contribution >= 4 is 28.8 Å². The minimum atomic E-state index is -0.385. The zero-order chi connectivity index (χ0) is 22.9. The van der Waals surface area contributed by atoms with Gasteiger partial charge in [-0.05, 0) is 54.4 Å². The molecular weight excluding hydrogens is 417 g/mol. The van der Waals surface area contributed by atoms with E-state index in [1.54, 1.807) is 36.4 Å². The van der Waals surface area contributed by atoms with Crippen LogP contribution in [0.15, 0.2) is 84.6 Å². The predicted octanol–water partition coefficient (Wildman–Crippen LogP) is 4.24. The Kier molecular flexibility index (Phi) is 5.42. The van der Waals surface area contributed by atoms with Gasteiger partial charge in [0, 0.05) is 31.9 Å². The van der Waals surface area contributed by atoms with Crippen molar-refractivity contribution in [2.24, 2.45) is 0 Å². The van der Waals surface area contributed by atoms with Crippen LogP contribution in [0.5, 0.6) is 0 Å². The van der Waals surface area contributed by atoms with E-state index < -0.39 is 0 Å². The number of carbonyl (C=O) groups excluding carboxylic acids is 2. The molecule has 2 heterocycles. The van der Waals surface area contributed by atoms with Crippen LogP contribution < -0.4 is 9.80 Å². The molecule has 0 aliphatic carbocycles. The molecule has 2 aliphatic heterocycles. The molecule has 3 aromatic carbocycles. The molecular formula is C27H24FN3O2. The molecule has 2 aliphatic rings. The first-order valence-corrected chi connectivity index (χ1v) is 11.0. The number of nitrogens with zero attached hydrogens (tertiary/aromatic N) is 3. The van der Waals surface area contributed by atoms with Crippen molar-refractivity contribution in [1.29, 1.82) is 0 Å². The summed E-state index contributed by atoms with van der Waals surface area (Å²) in [5.74, 6) is -1.10. The number of halogens is 1. The molecule has 1 saturated heterocycles. The van der Waals surface area contributed by atoms with E-state index in [0.717, 1.165) is 18.8 Å². The van der Waals surface area contributed by atoms with Gasteiger partial charge in [-0.25, -0.2) is 9.29 Å². The van der Waals surface area contributed by atoms with Crippen molar-refractivity contribution in [3.63, 3.8) is 0 Å². The summed E-state index contributed by atoms with van der Waals surface area (Å²) in [7, 11) is 0. The molecule has 2 amide bonds. The fourth-order valence-corrected chi connectivity index (χ4v) is 4.51. The molecule has 0 aromatic heterocycles. The number of carbonyl (C=O) groups is 2. The van der Waals surface area contributed by atoms with Gasteiger partial charge in [-0.15, -0.1) is 0 Å². The lowest BCUT2D eigenvalue weighted by Gasteiger charge is -2.37. The second-order valence-electron chi connectivity index (χ2n) is 8.32. The first kappa shape index (κ1) is 20.9. The molecule has 1 fully saturated rings. The van der Waals surface area contributed by atoms with Crippen LogP contribution in [0.4, 0.5) is 15.8 Å². The summed E-state index contributed by atoms with van der Waals surface area (Å²) in [6, 6.07) is 23.1. The monoisotopic (exact) mass is 441 g/mol. The van der Waals surface area contributed by atoms with Crippen molar-refractivity contribution in [1.82, 2.24) is 4.90 Å². The molecule has 0 spiro atoms. The molecule has 33 heavy (non-hydrogen) atoms. The fourth-order valence-electron chi connectivity index (χ4n) is 4.51. The Labute approximate surface area is 192 Å². The Bertz CT molecular complexity index is 1230. The zero-order valence-electron chi connectivity index (χ0n) is 18.4. The smallest absolute Gasteiger partial charge is 0.282 e. The Morgan fingerprint density at radius 3 is 2.00 bits per heavy atom. The summed E-state index contributed by atoms with van der Waals surface area (Å²) >= 11 is 0. The normalized spacial score (nSPS) is 16.7. The van der Waals surface area contributed by atoms with E-state index >= 15 is 0 Å². The third-order valence-electron chi connectivity index (χ3n) is 6.17. The summed E-state index contributed by atoms with van der Waals surface area (Å²) in [6.45, 7) is 4.75. The van der Waals surface area contributed by atoms with Gasteiger partial charge < -0.3 is 9.80 Å². The van der Waals surface area contributed by atoms with Gasteiger partial charge >= 0.3 is 0 Å².